The lowest BCUT2D eigenvalue weighted by Crippen LogP contribution is -2.39. The second kappa shape index (κ2) is 7.45. The molecule has 1 unspecified atom stereocenters. The minimum Gasteiger partial charge on any atom is -0.481 e. The average Bonchev–Trinajstić information content (AvgIpc) is 2.59. The molecule has 1 aromatic carbocycles. The number of hydrogen-bond donors (Lipinski definition) is 1. The van der Waals surface area contributed by atoms with Gasteiger partial charge in [-0.15, -0.1) is 0 Å². The molecule has 5 heteroatoms. The minimum absolute atomic E-state index is 0.110. The van der Waals surface area contributed by atoms with Crippen molar-refractivity contribution in [2.75, 3.05) is 13.1 Å². The zero-order chi connectivity index (χ0) is 17.1. The van der Waals surface area contributed by atoms with Crippen LogP contribution in [0.25, 0.3) is 0 Å². The number of aromatic nitrogens is 1. The van der Waals surface area contributed by atoms with Crippen LogP contribution in [0.15, 0.2) is 47.2 Å². The van der Waals surface area contributed by atoms with Crippen LogP contribution in [0.5, 0.6) is 0 Å². The molecule has 0 amide bonds. The standard InChI is InChI=1S/C19H21BrN2O2/c1-13-12-21-9-6-15(13)18(16-4-2-3-5-17(16)20)22-10-7-14(8-11-22)19(23)24/h2-6,9,12,14,18H,7-8,10-11H2,1H3,(H,23,24). The van der Waals surface area contributed by atoms with Gasteiger partial charge in [0.25, 0.3) is 0 Å². The van der Waals surface area contributed by atoms with Crippen molar-refractivity contribution < 1.29 is 9.90 Å². The molecule has 24 heavy (non-hydrogen) atoms. The second-order valence-corrected chi connectivity index (χ2v) is 7.16. The number of pyridine rings is 1. The minimum atomic E-state index is -0.674. The highest BCUT2D eigenvalue weighted by atomic mass is 79.9. The highest BCUT2D eigenvalue weighted by molar-refractivity contribution is 9.10. The first-order valence-corrected chi connectivity index (χ1v) is 8.99. The monoisotopic (exact) mass is 388 g/mol. The number of hydrogen-bond acceptors (Lipinski definition) is 3. The van der Waals surface area contributed by atoms with Gasteiger partial charge in [-0.25, -0.2) is 0 Å². The number of carboxylic acid groups (broad SMARTS) is 1. The third-order valence-corrected chi connectivity index (χ3v) is 5.52. The van der Waals surface area contributed by atoms with E-state index in [1.807, 2.05) is 24.5 Å². The third kappa shape index (κ3) is 3.52. The molecule has 2 heterocycles. The van der Waals surface area contributed by atoms with Crippen molar-refractivity contribution in [3.05, 3.63) is 63.9 Å². The van der Waals surface area contributed by atoms with Crippen molar-refractivity contribution in [3.8, 4) is 0 Å². The van der Waals surface area contributed by atoms with Gasteiger partial charge in [0.15, 0.2) is 0 Å². The van der Waals surface area contributed by atoms with Crippen LogP contribution in [-0.2, 0) is 4.79 Å². The molecular formula is C19H21BrN2O2. The number of halogens is 1. The molecule has 1 fully saturated rings. The maximum atomic E-state index is 11.2. The van der Waals surface area contributed by atoms with Gasteiger partial charge in [0.1, 0.15) is 0 Å². The zero-order valence-electron chi connectivity index (χ0n) is 13.7. The summed E-state index contributed by atoms with van der Waals surface area (Å²) in [5.41, 5.74) is 3.59. The molecule has 1 N–H and O–H groups in total. The largest absolute Gasteiger partial charge is 0.481 e. The van der Waals surface area contributed by atoms with Gasteiger partial charge in [-0.1, -0.05) is 34.1 Å². The predicted octanol–water partition coefficient (Wildman–Crippen LogP) is 4.04. The summed E-state index contributed by atoms with van der Waals surface area (Å²) >= 11 is 3.68. The molecule has 1 saturated heterocycles. The molecule has 1 aromatic heterocycles. The molecule has 0 bridgehead atoms. The topological polar surface area (TPSA) is 53.4 Å². The normalized spacial score (nSPS) is 17.6. The van der Waals surface area contributed by atoms with E-state index in [4.69, 9.17) is 0 Å². The third-order valence-electron chi connectivity index (χ3n) is 4.80. The van der Waals surface area contributed by atoms with Crippen LogP contribution < -0.4 is 0 Å². The molecule has 2 aromatic rings. The molecular weight excluding hydrogens is 368 g/mol. The Morgan fingerprint density at radius 1 is 1.25 bits per heavy atom. The molecule has 126 valence electrons. The van der Waals surface area contributed by atoms with E-state index in [0.29, 0.717) is 12.8 Å². The van der Waals surface area contributed by atoms with Crippen molar-refractivity contribution in [1.82, 2.24) is 9.88 Å². The maximum absolute atomic E-state index is 11.2. The van der Waals surface area contributed by atoms with E-state index in [1.54, 1.807) is 0 Å². The summed E-state index contributed by atoms with van der Waals surface area (Å²) in [6, 6.07) is 10.4. The van der Waals surface area contributed by atoms with Gasteiger partial charge in [-0.05, 0) is 61.7 Å². The van der Waals surface area contributed by atoms with Gasteiger partial charge < -0.3 is 5.11 Å². The van der Waals surface area contributed by atoms with E-state index in [9.17, 15) is 9.90 Å². The van der Waals surface area contributed by atoms with Crippen LogP contribution >= 0.6 is 15.9 Å². The maximum Gasteiger partial charge on any atom is 0.306 e. The van der Waals surface area contributed by atoms with Gasteiger partial charge >= 0.3 is 5.97 Å². The summed E-state index contributed by atoms with van der Waals surface area (Å²) in [6.45, 7) is 3.64. The van der Waals surface area contributed by atoms with Crippen LogP contribution in [-0.4, -0.2) is 34.0 Å². The first-order valence-electron chi connectivity index (χ1n) is 8.19. The number of nitrogens with zero attached hydrogens (tertiary/aromatic N) is 2. The van der Waals surface area contributed by atoms with Gasteiger partial charge in [-0.2, -0.15) is 0 Å². The lowest BCUT2D eigenvalue weighted by Gasteiger charge is -2.38. The summed E-state index contributed by atoms with van der Waals surface area (Å²) in [5, 5.41) is 9.25. The first-order chi connectivity index (χ1) is 11.6. The van der Waals surface area contributed by atoms with E-state index < -0.39 is 5.97 Å². The number of aliphatic carboxylic acids is 1. The molecule has 0 aliphatic carbocycles. The van der Waals surface area contributed by atoms with E-state index in [0.717, 1.165) is 23.1 Å². The van der Waals surface area contributed by atoms with Crippen molar-refractivity contribution in [2.24, 2.45) is 5.92 Å². The van der Waals surface area contributed by atoms with Gasteiger partial charge in [0, 0.05) is 16.9 Å². The fourth-order valence-corrected chi connectivity index (χ4v) is 3.95. The van der Waals surface area contributed by atoms with Crippen molar-refractivity contribution in [1.29, 1.82) is 0 Å². The molecule has 1 aliphatic rings. The lowest BCUT2D eigenvalue weighted by atomic mass is 9.90. The van der Waals surface area contributed by atoms with Crippen LogP contribution in [0.3, 0.4) is 0 Å². The van der Waals surface area contributed by atoms with Crippen molar-refractivity contribution >= 4 is 21.9 Å². The van der Waals surface area contributed by atoms with E-state index in [1.165, 1.54) is 11.1 Å². The number of benzene rings is 1. The van der Waals surface area contributed by atoms with Crippen LogP contribution in [0.2, 0.25) is 0 Å². The zero-order valence-corrected chi connectivity index (χ0v) is 15.2. The number of carbonyl (C=O) groups is 1. The summed E-state index contributed by atoms with van der Waals surface area (Å²) in [7, 11) is 0. The quantitative estimate of drug-likeness (QED) is 0.858. The fourth-order valence-electron chi connectivity index (χ4n) is 3.45. The number of aryl methyl sites for hydroxylation is 1. The molecule has 0 radical (unpaired) electrons. The summed E-state index contributed by atoms with van der Waals surface area (Å²) in [5.74, 6) is -0.896. The number of carboxylic acids is 1. The highest BCUT2D eigenvalue weighted by Crippen LogP contribution is 2.37. The Labute approximate surface area is 150 Å². The average molecular weight is 389 g/mol. The summed E-state index contributed by atoms with van der Waals surface area (Å²) in [6.07, 6.45) is 5.11. The summed E-state index contributed by atoms with van der Waals surface area (Å²) in [4.78, 5) is 17.9. The Kier molecular flexibility index (Phi) is 5.31. The number of rotatable bonds is 4. The SMILES string of the molecule is Cc1cnccc1C(c1ccccc1Br)N1CCC(C(=O)O)CC1. The van der Waals surface area contributed by atoms with Crippen LogP contribution in [0.4, 0.5) is 0 Å². The molecule has 0 spiro atoms. The Bertz CT molecular complexity index is 681. The molecule has 4 nitrogen and oxygen atoms in total. The Balaban J connectivity index is 1.97. The Morgan fingerprint density at radius 2 is 1.96 bits per heavy atom. The van der Waals surface area contributed by atoms with Crippen molar-refractivity contribution in [3.63, 3.8) is 0 Å². The summed E-state index contributed by atoms with van der Waals surface area (Å²) < 4.78 is 1.08. The smallest absolute Gasteiger partial charge is 0.306 e. The molecule has 3 rings (SSSR count). The molecule has 1 aliphatic heterocycles. The predicted molar refractivity (Wildman–Crippen MR) is 96.9 cm³/mol. The second-order valence-electron chi connectivity index (χ2n) is 6.30. The Morgan fingerprint density at radius 3 is 2.58 bits per heavy atom. The lowest BCUT2D eigenvalue weighted by molar-refractivity contribution is -0.143. The molecule has 0 saturated carbocycles. The van der Waals surface area contributed by atoms with Gasteiger partial charge in [-0.3, -0.25) is 14.7 Å². The van der Waals surface area contributed by atoms with Gasteiger partial charge in [0.2, 0.25) is 0 Å². The fraction of sp³-hybridized carbons (Fsp3) is 0.368. The first kappa shape index (κ1) is 17.1. The van der Waals surface area contributed by atoms with Crippen molar-refractivity contribution in [2.45, 2.75) is 25.8 Å². The Hall–Kier alpha value is -1.72. The van der Waals surface area contributed by atoms with E-state index in [2.05, 4.69) is 50.9 Å². The highest BCUT2D eigenvalue weighted by Gasteiger charge is 2.31. The van der Waals surface area contributed by atoms with E-state index in [-0.39, 0.29) is 12.0 Å². The van der Waals surface area contributed by atoms with E-state index >= 15 is 0 Å². The number of likely N-dealkylation sites (tertiary alicyclic amines) is 1. The molecule has 1 atom stereocenters. The van der Waals surface area contributed by atoms with Gasteiger partial charge in [0.05, 0.1) is 12.0 Å². The van der Waals surface area contributed by atoms with Crippen LogP contribution in [0.1, 0.15) is 35.6 Å². The van der Waals surface area contributed by atoms with Crippen LogP contribution in [0, 0.1) is 12.8 Å². The number of piperidine rings is 1.